The lowest BCUT2D eigenvalue weighted by atomic mass is 10.1. The molecular weight excluding hydrogens is 288 g/mol. The monoisotopic (exact) mass is 306 g/mol. The van der Waals surface area contributed by atoms with E-state index in [1.54, 1.807) is 6.07 Å². The smallest absolute Gasteiger partial charge is 0.242 e. The van der Waals surface area contributed by atoms with Crippen LogP contribution in [-0.2, 0) is 14.8 Å². The Morgan fingerprint density at radius 1 is 1.42 bits per heavy atom. The summed E-state index contributed by atoms with van der Waals surface area (Å²) in [5.41, 5.74) is 5.94. The van der Waals surface area contributed by atoms with E-state index < -0.39 is 10.0 Å². The molecule has 0 heterocycles. The number of halogens is 1. The van der Waals surface area contributed by atoms with Crippen molar-refractivity contribution in [2.45, 2.75) is 24.8 Å². The van der Waals surface area contributed by atoms with Gasteiger partial charge in [-0.25, -0.2) is 13.1 Å². The maximum atomic E-state index is 12.3. The Balaban J connectivity index is 3.06. The molecule has 7 heteroatoms. The molecule has 3 N–H and O–H groups in total. The number of anilines is 1. The fraction of sp³-hybridized carbons (Fsp3) is 0.500. The van der Waals surface area contributed by atoms with Gasteiger partial charge in [0.2, 0.25) is 10.0 Å². The summed E-state index contributed by atoms with van der Waals surface area (Å²) >= 11 is 5.91. The van der Waals surface area contributed by atoms with Gasteiger partial charge >= 0.3 is 0 Å². The van der Waals surface area contributed by atoms with E-state index in [1.165, 1.54) is 19.2 Å². The van der Waals surface area contributed by atoms with Gasteiger partial charge in [0.05, 0.1) is 11.6 Å². The highest BCUT2D eigenvalue weighted by atomic mass is 35.5. The van der Waals surface area contributed by atoms with Crippen molar-refractivity contribution in [1.82, 2.24) is 4.72 Å². The van der Waals surface area contributed by atoms with Gasteiger partial charge in [0.25, 0.3) is 0 Å². The number of nitrogens with two attached hydrogens (primary N) is 1. The number of benzene rings is 1. The molecule has 19 heavy (non-hydrogen) atoms. The van der Waals surface area contributed by atoms with Crippen LogP contribution in [0.2, 0.25) is 5.02 Å². The predicted molar refractivity (Wildman–Crippen MR) is 76.7 cm³/mol. The van der Waals surface area contributed by atoms with Crippen LogP contribution in [0.5, 0.6) is 0 Å². The summed E-state index contributed by atoms with van der Waals surface area (Å²) in [6.45, 7) is 4.11. The second kappa shape index (κ2) is 6.56. The normalized spacial score (nSPS) is 13.7. The number of ether oxygens (including phenoxy) is 1. The molecule has 0 bridgehead atoms. The van der Waals surface area contributed by atoms with Crippen molar-refractivity contribution in [3.63, 3.8) is 0 Å². The molecule has 0 spiro atoms. The lowest BCUT2D eigenvalue weighted by molar-refractivity contribution is 0.157. The van der Waals surface area contributed by atoms with Crippen LogP contribution in [0.4, 0.5) is 5.69 Å². The quantitative estimate of drug-likeness (QED) is 0.786. The first kappa shape index (κ1) is 16.2. The Morgan fingerprint density at radius 3 is 2.58 bits per heavy atom. The van der Waals surface area contributed by atoms with Gasteiger partial charge in [-0.05, 0) is 24.1 Å². The Hall–Kier alpha value is -0.820. The van der Waals surface area contributed by atoms with Crippen molar-refractivity contribution in [2.75, 3.05) is 19.5 Å². The van der Waals surface area contributed by atoms with Gasteiger partial charge in [-0.2, -0.15) is 0 Å². The highest BCUT2D eigenvalue weighted by Crippen LogP contribution is 2.24. The van der Waals surface area contributed by atoms with Gasteiger partial charge < -0.3 is 10.5 Å². The minimum absolute atomic E-state index is 0.0177. The summed E-state index contributed by atoms with van der Waals surface area (Å²) in [4.78, 5) is -0.0177. The molecule has 1 unspecified atom stereocenters. The van der Waals surface area contributed by atoms with Crippen molar-refractivity contribution in [2.24, 2.45) is 5.92 Å². The zero-order chi connectivity index (χ0) is 14.6. The van der Waals surface area contributed by atoms with E-state index in [2.05, 4.69) is 4.72 Å². The molecule has 1 rings (SSSR count). The van der Waals surface area contributed by atoms with Gasteiger partial charge in [-0.15, -0.1) is 0 Å². The molecule has 108 valence electrons. The second-order valence-electron chi connectivity index (χ2n) is 4.62. The third-order valence-electron chi connectivity index (χ3n) is 2.70. The number of hydrogen-bond acceptors (Lipinski definition) is 4. The van der Waals surface area contributed by atoms with E-state index in [4.69, 9.17) is 22.1 Å². The zero-order valence-corrected chi connectivity index (χ0v) is 12.8. The Bertz CT molecular complexity index is 532. The van der Waals surface area contributed by atoms with Crippen LogP contribution in [0.25, 0.3) is 0 Å². The molecule has 0 saturated heterocycles. The van der Waals surface area contributed by atoms with Crippen molar-refractivity contribution in [1.29, 1.82) is 0 Å². The highest BCUT2D eigenvalue weighted by Gasteiger charge is 2.24. The van der Waals surface area contributed by atoms with Crippen LogP contribution in [0, 0.1) is 5.92 Å². The minimum Gasteiger partial charge on any atom is -0.399 e. The van der Waals surface area contributed by atoms with Crippen molar-refractivity contribution in [3.8, 4) is 0 Å². The molecule has 0 aromatic heterocycles. The van der Waals surface area contributed by atoms with E-state index in [0.29, 0.717) is 5.69 Å². The highest BCUT2D eigenvalue weighted by molar-refractivity contribution is 7.89. The lowest BCUT2D eigenvalue weighted by Crippen LogP contribution is -2.41. The van der Waals surface area contributed by atoms with Crippen LogP contribution >= 0.6 is 11.6 Å². The molecule has 1 atom stereocenters. The average Bonchev–Trinajstić information content (AvgIpc) is 2.31. The predicted octanol–water partition coefficient (Wildman–Crippen LogP) is 1.87. The Labute approximate surface area is 119 Å². The number of rotatable bonds is 6. The first-order valence-electron chi connectivity index (χ1n) is 5.84. The van der Waals surface area contributed by atoms with Gasteiger partial charge in [0.1, 0.15) is 4.90 Å². The van der Waals surface area contributed by atoms with Crippen LogP contribution in [0.3, 0.4) is 0 Å². The first-order valence-corrected chi connectivity index (χ1v) is 7.70. The van der Waals surface area contributed by atoms with E-state index in [9.17, 15) is 8.42 Å². The van der Waals surface area contributed by atoms with Crippen molar-refractivity contribution >= 4 is 27.3 Å². The Kier molecular flexibility index (Phi) is 5.61. The molecule has 1 aromatic carbocycles. The van der Waals surface area contributed by atoms with Gasteiger partial charge in [-0.1, -0.05) is 25.4 Å². The number of methoxy groups -OCH3 is 1. The molecule has 0 fully saturated rings. The molecule has 0 radical (unpaired) electrons. The van der Waals surface area contributed by atoms with Gasteiger partial charge in [0.15, 0.2) is 0 Å². The Morgan fingerprint density at radius 2 is 2.05 bits per heavy atom. The van der Waals surface area contributed by atoms with E-state index >= 15 is 0 Å². The molecule has 0 saturated carbocycles. The largest absolute Gasteiger partial charge is 0.399 e. The average molecular weight is 307 g/mol. The topological polar surface area (TPSA) is 81.4 Å². The molecule has 0 amide bonds. The number of nitrogens with one attached hydrogen (secondary N) is 1. The maximum Gasteiger partial charge on any atom is 0.242 e. The third-order valence-corrected chi connectivity index (χ3v) is 4.67. The van der Waals surface area contributed by atoms with Gasteiger partial charge in [-0.3, -0.25) is 0 Å². The summed E-state index contributed by atoms with van der Waals surface area (Å²) in [6, 6.07) is 4.03. The fourth-order valence-electron chi connectivity index (χ4n) is 1.53. The summed E-state index contributed by atoms with van der Waals surface area (Å²) in [6.07, 6.45) is 0. The van der Waals surface area contributed by atoms with Crippen LogP contribution < -0.4 is 10.5 Å². The lowest BCUT2D eigenvalue weighted by Gasteiger charge is -2.21. The maximum absolute atomic E-state index is 12.3. The number of sulfonamides is 1. The molecule has 0 aliphatic heterocycles. The SMILES string of the molecule is COCC(NS(=O)(=O)c1cc(N)ccc1Cl)C(C)C. The zero-order valence-electron chi connectivity index (χ0n) is 11.2. The standard InChI is InChI=1S/C12H19ClN2O3S/c1-8(2)11(7-18-3)15-19(16,17)12-6-9(14)4-5-10(12)13/h4-6,8,11,15H,7,14H2,1-3H3. The minimum atomic E-state index is -3.72. The van der Waals surface area contributed by atoms with Crippen molar-refractivity contribution in [3.05, 3.63) is 23.2 Å². The molecular formula is C12H19ClN2O3S. The van der Waals surface area contributed by atoms with E-state index in [1.807, 2.05) is 13.8 Å². The number of nitrogen functional groups attached to an aromatic ring is 1. The van der Waals surface area contributed by atoms with E-state index in [-0.39, 0.29) is 28.5 Å². The molecule has 0 aliphatic carbocycles. The molecule has 5 nitrogen and oxygen atoms in total. The fourth-order valence-corrected chi connectivity index (χ4v) is 3.43. The van der Waals surface area contributed by atoms with Crippen LogP contribution in [0.15, 0.2) is 23.1 Å². The summed E-state index contributed by atoms with van der Waals surface area (Å²) < 4.78 is 32.2. The number of hydrogen-bond donors (Lipinski definition) is 2. The van der Waals surface area contributed by atoms with Crippen LogP contribution in [0.1, 0.15) is 13.8 Å². The summed E-state index contributed by atoms with van der Waals surface area (Å²) in [7, 11) is -2.20. The molecule has 1 aromatic rings. The molecule has 0 aliphatic rings. The second-order valence-corrected chi connectivity index (χ2v) is 6.71. The van der Waals surface area contributed by atoms with Crippen molar-refractivity contribution < 1.29 is 13.2 Å². The van der Waals surface area contributed by atoms with Gasteiger partial charge in [0, 0.05) is 18.8 Å². The summed E-state index contributed by atoms with van der Waals surface area (Å²) in [5, 5.41) is 0.140. The van der Waals surface area contributed by atoms with E-state index in [0.717, 1.165) is 0 Å². The van der Waals surface area contributed by atoms with Crippen LogP contribution in [-0.4, -0.2) is 28.2 Å². The summed E-state index contributed by atoms with van der Waals surface area (Å²) in [5.74, 6) is 0.0922. The first-order chi connectivity index (χ1) is 8.77. The third kappa shape index (κ3) is 4.35.